The molecule has 0 spiro atoms. The van der Waals surface area contributed by atoms with Crippen LogP contribution in [0.4, 0.5) is 0 Å². The molecule has 1 atom stereocenters. The van der Waals surface area contributed by atoms with Crippen molar-refractivity contribution in [3.05, 3.63) is 33.5 Å². The van der Waals surface area contributed by atoms with Gasteiger partial charge in [0, 0.05) is 10.9 Å². The van der Waals surface area contributed by atoms with Crippen molar-refractivity contribution in [2.75, 3.05) is 6.54 Å². The van der Waals surface area contributed by atoms with E-state index in [9.17, 15) is 0 Å². The molecule has 1 heterocycles. The first-order valence-corrected chi connectivity index (χ1v) is 7.00. The Morgan fingerprint density at radius 2 is 2.31 bits per heavy atom. The fourth-order valence-electron chi connectivity index (χ4n) is 1.53. The Morgan fingerprint density at radius 1 is 1.50 bits per heavy atom. The Kier molecular flexibility index (Phi) is 6.78. The van der Waals surface area contributed by atoms with Gasteiger partial charge in [-0.15, -0.1) is 11.3 Å². The summed E-state index contributed by atoms with van der Waals surface area (Å²) in [6.07, 6.45) is 7.70. The van der Waals surface area contributed by atoms with Crippen molar-refractivity contribution in [1.82, 2.24) is 5.32 Å². The summed E-state index contributed by atoms with van der Waals surface area (Å²) in [6, 6.07) is 4.68. The molecule has 0 aliphatic rings. The summed E-state index contributed by atoms with van der Waals surface area (Å²) >= 11 is 7.58. The zero-order valence-corrected chi connectivity index (χ0v) is 11.6. The summed E-state index contributed by atoms with van der Waals surface area (Å²) in [5.41, 5.74) is 0. The highest BCUT2D eigenvalue weighted by Crippen LogP contribution is 2.22. The fraction of sp³-hybridized carbons (Fsp3) is 0.538. The van der Waals surface area contributed by atoms with E-state index < -0.39 is 0 Å². The van der Waals surface area contributed by atoms with Gasteiger partial charge in [0.05, 0.1) is 4.34 Å². The number of aryl methyl sites for hydroxylation is 1. The SMILES string of the molecule is C/C=C/CCNC(C)CCc1ccc(Cl)s1. The van der Waals surface area contributed by atoms with Gasteiger partial charge in [0.15, 0.2) is 0 Å². The second kappa shape index (κ2) is 7.88. The number of hydrogen-bond donors (Lipinski definition) is 1. The molecule has 0 saturated heterocycles. The lowest BCUT2D eigenvalue weighted by Crippen LogP contribution is -2.27. The normalized spacial score (nSPS) is 13.4. The molecule has 0 aliphatic heterocycles. The third-order valence-electron chi connectivity index (χ3n) is 2.49. The number of halogens is 1. The second-order valence-electron chi connectivity index (χ2n) is 3.96. The van der Waals surface area contributed by atoms with Crippen molar-refractivity contribution in [2.24, 2.45) is 0 Å². The Morgan fingerprint density at radius 3 is 2.94 bits per heavy atom. The molecule has 90 valence electrons. The van der Waals surface area contributed by atoms with E-state index in [4.69, 9.17) is 11.6 Å². The number of nitrogens with one attached hydrogen (secondary N) is 1. The predicted molar refractivity (Wildman–Crippen MR) is 74.5 cm³/mol. The van der Waals surface area contributed by atoms with Gasteiger partial charge in [0.25, 0.3) is 0 Å². The van der Waals surface area contributed by atoms with Crippen LogP contribution in [-0.2, 0) is 6.42 Å². The topological polar surface area (TPSA) is 12.0 Å². The molecule has 3 heteroatoms. The minimum Gasteiger partial charge on any atom is -0.314 e. The van der Waals surface area contributed by atoms with E-state index in [0.29, 0.717) is 6.04 Å². The molecule has 1 nitrogen and oxygen atoms in total. The number of rotatable bonds is 7. The third kappa shape index (κ3) is 5.69. The van der Waals surface area contributed by atoms with Crippen LogP contribution in [-0.4, -0.2) is 12.6 Å². The molecule has 0 saturated carbocycles. The Bertz CT molecular complexity index is 319. The van der Waals surface area contributed by atoms with Gasteiger partial charge in [-0.1, -0.05) is 23.8 Å². The van der Waals surface area contributed by atoms with Crippen molar-refractivity contribution >= 4 is 22.9 Å². The van der Waals surface area contributed by atoms with Gasteiger partial charge >= 0.3 is 0 Å². The summed E-state index contributed by atoms with van der Waals surface area (Å²) in [5.74, 6) is 0. The average Bonchev–Trinajstić information content (AvgIpc) is 2.68. The quantitative estimate of drug-likeness (QED) is 0.568. The van der Waals surface area contributed by atoms with Gasteiger partial charge in [0.1, 0.15) is 0 Å². The molecule has 1 aromatic rings. The Labute approximate surface area is 108 Å². The largest absolute Gasteiger partial charge is 0.314 e. The van der Waals surface area contributed by atoms with Crippen LogP contribution in [0.1, 0.15) is 31.6 Å². The zero-order chi connectivity index (χ0) is 11.8. The third-order valence-corrected chi connectivity index (χ3v) is 3.78. The van der Waals surface area contributed by atoms with Crippen molar-refractivity contribution in [2.45, 2.75) is 39.2 Å². The van der Waals surface area contributed by atoms with Gasteiger partial charge in [0.2, 0.25) is 0 Å². The van der Waals surface area contributed by atoms with Crippen molar-refractivity contribution in [1.29, 1.82) is 0 Å². The van der Waals surface area contributed by atoms with E-state index in [1.165, 1.54) is 11.3 Å². The number of thiophene rings is 1. The highest BCUT2D eigenvalue weighted by atomic mass is 35.5. The maximum Gasteiger partial charge on any atom is 0.0931 e. The monoisotopic (exact) mass is 257 g/mol. The minimum absolute atomic E-state index is 0.575. The number of allylic oxidation sites excluding steroid dienone is 1. The molecule has 1 aromatic heterocycles. The number of hydrogen-bond acceptors (Lipinski definition) is 2. The highest BCUT2D eigenvalue weighted by Gasteiger charge is 2.03. The lowest BCUT2D eigenvalue weighted by atomic mass is 10.1. The zero-order valence-electron chi connectivity index (χ0n) is 10.0. The van der Waals surface area contributed by atoms with E-state index in [1.807, 2.05) is 6.07 Å². The maximum absolute atomic E-state index is 5.89. The van der Waals surface area contributed by atoms with E-state index in [2.05, 4.69) is 37.4 Å². The van der Waals surface area contributed by atoms with Gasteiger partial charge in [-0.25, -0.2) is 0 Å². The molecule has 1 N–H and O–H groups in total. The summed E-state index contributed by atoms with van der Waals surface area (Å²) in [5, 5.41) is 3.51. The first-order valence-electron chi connectivity index (χ1n) is 5.81. The maximum atomic E-state index is 5.89. The van der Waals surface area contributed by atoms with Crippen LogP contribution in [0.3, 0.4) is 0 Å². The van der Waals surface area contributed by atoms with Crippen LogP contribution < -0.4 is 5.32 Å². The summed E-state index contributed by atoms with van der Waals surface area (Å²) in [7, 11) is 0. The van der Waals surface area contributed by atoms with Crippen LogP contribution in [0, 0.1) is 0 Å². The van der Waals surface area contributed by atoms with Crippen molar-refractivity contribution in [3.63, 3.8) is 0 Å². The first kappa shape index (κ1) is 13.8. The molecule has 16 heavy (non-hydrogen) atoms. The average molecular weight is 258 g/mol. The molecule has 0 fully saturated rings. The van der Waals surface area contributed by atoms with Gasteiger partial charge < -0.3 is 5.32 Å². The van der Waals surface area contributed by atoms with Crippen LogP contribution in [0.25, 0.3) is 0 Å². The molecule has 0 aromatic carbocycles. The Hall–Kier alpha value is -0.310. The second-order valence-corrected chi connectivity index (χ2v) is 5.76. The van der Waals surface area contributed by atoms with E-state index in [0.717, 1.165) is 23.7 Å². The lowest BCUT2D eigenvalue weighted by molar-refractivity contribution is 0.521. The molecule has 0 bridgehead atoms. The fourth-order valence-corrected chi connectivity index (χ4v) is 2.63. The first-order chi connectivity index (χ1) is 7.72. The van der Waals surface area contributed by atoms with Crippen LogP contribution in [0.2, 0.25) is 4.34 Å². The molecule has 1 unspecified atom stereocenters. The van der Waals surface area contributed by atoms with Gasteiger partial charge in [-0.2, -0.15) is 0 Å². The van der Waals surface area contributed by atoms with Crippen molar-refractivity contribution < 1.29 is 0 Å². The summed E-state index contributed by atoms with van der Waals surface area (Å²) in [6.45, 7) is 5.37. The van der Waals surface area contributed by atoms with Crippen LogP contribution >= 0.6 is 22.9 Å². The molecule has 0 aliphatic carbocycles. The van der Waals surface area contributed by atoms with Crippen molar-refractivity contribution in [3.8, 4) is 0 Å². The van der Waals surface area contributed by atoms with Gasteiger partial charge in [-0.3, -0.25) is 0 Å². The summed E-state index contributed by atoms with van der Waals surface area (Å²) < 4.78 is 0.892. The predicted octanol–water partition coefficient (Wildman–Crippen LogP) is 4.28. The highest BCUT2D eigenvalue weighted by molar-refractivity contribution is 7.16. The minimum atomic E-state index is 0.575. The molecule has 0 amide bonds. The molecular formula is C13H20ClNS. The van der Waals surface area contributed by atoms with Crippen LogP contribution in [0.15, 0.2) is 24.3 Å². The smallest absolute Gasteiger partial charge is 0.0931 e. The molecular weight excluding hydrogens is 238 g/mol. The lowest BCUT2D eigenvalue weighted by Gasteiger charge is -2.12. The standard InChI is InChI=1S/C13H20ClNS/c1-3-4-5-10-15-11(2)6-7-12-8-9-13(14)16-12/h3-4,8-9,11,15H,5-7,10H2,1-2H3/b4-3+. The van der Waals surface area contributed by atoms with E-state index in [-0.39, 0.29) is 0 Å². The van der Waals surface area contributed by atoms with E-state index >= 15 is 0 Å². The van der Waals surface area contributed by atoms with Gasteiger partial charge in [-0.05, 0) is 51.8 Å². The summed E-state index contributed by atoms with van der Waals surface area (Å²) in [4.78, 5) is 1.38. The van der Waals surface area contributed by atoms with E-state index in [1.54, 1.807) is 11.3 Å². The molecule has 0 radical (unpaired) electrons. The van der Waals surface area contributed by atoms with Crippen LogP contribution in [0.5, 0.6) is 0 Å². The molecule has 1 rings (SSSR count). The Balaban J connectivity index is 2.12.